The molecule has 3 aliphatic rings. The lowest BCUT2D eigenvalue weighted by atomic mass is 9.93. The van der Waals surface area contributed by atoms with Crippen molar-refractivity contribution >= 4 is 0 Å². The predicted molar refractivity (Wildman–Crippen MR) is 69.2 cm³/mol. The minimum atomic E-state index is 0.473. The van der Waals surface area contributed by atoms with Crippen LogP contribution < -0.4 is 5.32 Å². The van der Waals surface area contributed by atoms with Crippen molar-refractivity contribution in [3.05, 3.63) is 0 Å². The second kappa shape index (κ2) is 4.87. The van der Waals surface area contributed by atoms with Crippen molar-refractivity contribution in [1.29, 1.82) is 0 Å². The first-order valence-corrected chi connectivity index (χ1v) is 7.36. The van der Waals surface area contributed by atoms with Gasteiger partial charge in [0, 0.05) is 38.3 Å². The number of hydrogen-bond donors (Lipinski definition) is 1. The molecule has 1 spiro atoms. The van der Waals surface area contributed by atoms with Gasteiger partial charge in [-0.05, 0) is 32.1 Å². The molecule has 1 N–H and O–H groups in total. The van der Waals surface area contributed by atoms with E-state index in [-0.39, 0.29) is 0 Å². The first-order chi connectivity index (χ1) is 8.27. The van der Waals surface area contributed by atoms with Crippen molar-refractivity contribution in [2.45, 2.75) is 50.7 Å². The van der Waals surface area contributed by atoms with Crippen LogP contribution >= 0.6 is 0 Å². The van der Waals surface area contributed by atoms with Gasteiger partial charge in [0.2, 0.25) is 0 Å². The zero-order valence-electron chi connectivity index (χ0n) is 11.1. The summed E-state index contributed by atoms with van der Waals surface area (Å²) in [6.07, 6.45) is 7.36. The molecular formula is C14H26N2O. The van der Waals surface area contributed by atoms with Gasteiger partial charge >= 0.3 is 0 Å². The van der Waals surface area contributed by atoms with Crippen molar-refractivity contribution in [2.24, 2.45) is 5.92 Å². The number of nitrogens with one attached hydrogen (secondary N) is 1. The van der Waals surface area contributed by atoms with Crippen LogP contribution in [0.1, 0.15) is 39.0 Å². The molecule has 3 heteroatoms. The molecule has 2 heterocycles. The SMILES string of the molecule is CC1OCCC1CN1CCNC2(CCCC2)C1. The van der Waals surface area contributed by atoms with Crippen LogP contribution in [0.15, 0.2) is 0 Å². The molecule has 0 amide bonds. The Bertz CT molecular complexity index is 263. The quantitative estimate of drug-likeness (QED) is 0.791. The van der Waals surface area contributed by atoms with E-state index >= 15 is 0 Å². The van der Waals surface area contributed by atoms with E-state index in [1.54, 1.807) is 0 Å². The summed E-state index contributed by atoms with van der Waals surface area (Å²) in [4.78, 5) is 2.69. The van der Waals surface area contributed by atoms with Crippen LogP contribution in [0.5, 0.6) is 0 Å². The largest absolute Gasteiger partial charge is 0.378 e. The van der Waals surface area contributed by atoms with Gasteiger partial charge in [-0.15, -0.1) is 0 Å². The lowest BCUT2D eigenvalue weighted by Gasteiger charge is -2.42. The molecule has 0 aromatic heterocycles. The fourth-order valence-electron chi connectivity index (χ4n) is 3.93. The second-order valence-electron chi connectivity index (χ2n) is 6.27. The molecule has 2 atom stereocenters. The molecule has 0 aromatic carbocycles. The van der Waals surface area contributed by atoms with Crippen LogP contribution in [0.4, 0.5) is 0 Å². The molecule has 1 saturated carbocycles. The fraction of sp³-hybridized carbons (Fsp3) is 1.00. The van der Waals surface area contributed by atoms with Gasteiger partial charge in [-0.2, -0.15) is 0 Å². The first kappa shape index (κ1) is 11.9. The molecule has 0 aromatic rings. The Labute approximate surface area is 105 Å². The van der Waals surface area contributed by atoms with E-state index in [4.69, 9.17) is 4.74 Å². The van der Waals surface area contributed by atoms with Crippen LogP contribution in [-0.4, -0.2) is 49.3 Å². The van der Waals surface area contributed by atoms with Crippen molar-refractivity contribution in [2.75, 3.05) is 32.8 Å². The molecule has 0 bridgehead atoms. The molecule has 2 saturated heterocycles. The van der Waals surface area contributed by atoms with Crippen LogP contribution in [0.2, 0.25) is 0 Å². The Morgan fingerprint density at radius 2 is 2.18 bits per heavy atom. The third-order valence-electron chi connectivity index (χ3n) is 5.04. The van der Waals surface area contributed by atoms with Crippen molar-refractivity contribution in [3.8, 4) is 0 Å². The molecule has 17 heavy (non-hydrogen) atoms. The monoisotopic (exact) mass is 238 g/mol. The minimum Gasteiger partial charge on any atom is -0.378 e. The third kappa shape index (κ3) is 2.51. The summed E-state index contributed by atoms with van der Waals surface area (Å²) in [6.45, 7) is 8.15. The van der Waals surface area contributed by atoms with Gasteiger partial charge in [0.1, 0.15) is 0 Å². The Kier molecular flexibility index (Phi) is 3.42. The first-order valence-electron chi connectivity index (χ1n) is 7.36. The highest BCUT2D eigenvalue weighted by atomic mass is 16.5. The summed E-state index contributed by atoms with van der Waals surface area (Å²) in [7, 11) is 0. The number of piperazine rings is 1. The van der Waals surface area contributed by atoms with E-state index in [9.17, 15) is 0 Å². The van der Waals surface area contributed by atoms with Gasteiger partial charge in [-0.1, -0.05) is 12.8 Å². The van der Waals surface area contributed by atoms with E-state index in [0.717, 1.165) is 12.5 Å². The molecular weight excluding hydrogens is 212 g/mol. The Morgan fingerprint density at radius 3 is 2.88 bits per heavy atom. The maximum absolute atomic E-state index is 5.68. The molecule has 3 nitrogen and oxygen atoms in total. The van der Waals surface area contributed by atoms with Crippen molar-refractivity contribution < 1.29 is 4.74 Å². The Hall–Kier alpha value is -0.120. The van der Waals surface area contributed by atoms with Gasteiger partial charge in [0.25, 0.3) is 0 Å². The molecule has 0 radical (unpaired) electrons. The third-order valence-corrected chi connectivity index (χ3v) is 5.04. The number of ether oxygens (including phenoxy) is 1. The van der Waals surface area contributed by atoms with Crippen molar-refractivity contribution in [3.63, 3.8) is 0 Å². The highest BCUT2D eigenvalue weighted by molar-refractivity contribution is 4.98. The molecule has 3 rings (SSSR count). The smallest absolute Gasteiger partial charge is 0.0588 e. The number of rotatable bonds is 2. The minimum absolute atomic E-state index is 0.473. The highest BCUT2D eigenvalue weighted by Crippen LogP contribution is 2.32. The van der Waals surface area contributed by atoms with Gasteiger partial charge in [-0.25, -0.2) is 0 Å². The van der Waals surface area contributed by atoms with Crippen LogP contribution in [0, 0.1) is 5.92 Å². The van der Waals surface area contributed by atoms with E-state index < -0.39 is 0 Å². The zero-order chi connectivity index (χ0) is 11.7. The van der Waals surface area contributed by atoms with Gasteiger partial charge in [0.05, 0.1) is 6.10 Å². The summed E-state index contributed by atoms with van der Waals surface area (Å²) in [5, 5.41) is 3.79. The molecule has 2 aliphatic heterocycles. The van der Waals surface area contributed by atoms with E-state index in [1.807, 2.05) is 0 Å². The van der Waals surface area contributed by atoms with Crippen LogP contribution in [0.25, 0.3) is 0 Å². The number of hydrogen-bond acceptors (Lipinski definition) is 3. The summed E-state index contributed by atoms with van der Waals surface area (Å²) >= 11 is 0. The standard InChI is InChI=1S/C14H26N2O/c1-12-13(4-9-17-12)10-16-8-7-15-14(11-16)5-2-3-6-14/h12-13,15H,2-11H2,1H3. The second-order valence-corrected chi connectivity index (χ2v) is 6.27. The maximum atomic E-state index is 5.68. The predicted octanol–water partition coefficient (Wildman–Crippen LogP) is 1.63. The fourth-order valence-corrected chi connectivity index (χ4v) is 3.93. The van der Waals surface area contributed by atoms with E-state index in [1.165, 1.54) is 58.3 Å². The van der Waals surface area contributed by atoms with E-state index in [2.05, 4.69) is 17.1 Å². The van der Waals surface area contributed by atoms with Gasteiger partial charge in [-0.3, -0.25) is 4.90 Å². The summed E-state index contributed by atoms with van der Waals surface area (Å²) in [6, 6.07) is 0. The maximum Gasteiger partial charge on any atom is 0.0588 e. The lowest BCUT2D eigenvalue weighted by Crippen LogP contribution is -2.59. The number of nitrogens with zero attached hydrogens (tertiary/aromatic N) is 1. The van der Waals surface area contributed by atoms with Gasteiger partial charge < -0.3 is 10.1 Å². The van der Waals surface area contributed by atoms with Crippen LogP contribution in [-0.2, 0) is 4.74 Å². The van der Waals surface area contributed by atoms with E-state index in [0.29, 0.717) is 11.6 Å². The average Bonchev–Trinajstić information content (AvgIpc) is 2.91. The Morgan fingerprint density at radius 1 is 1.35 bits per heavy atom. The topological polar surface area (TPSA) is 24.5 Å². The van der Waals surface area contributed by atoms with Gasteiger partial charge in [0.15, 0.2) is 0 Å². The molecule has 3 fully saturated rings. The van der Waals surface area contributed by atoms with Crippen molar-refractivity contribution in [1.82, 2.24) is 10.2 Å². The molecule has 2 unspecified atom stereocenters. The lowest BCUT2D eigenvalue weighted by molar-refractivity contribution is 0.0739. The summed E-state index contributed by atoms with van der Waals surface area (Å²) in [5.41, 5.74) is 0.473. The highest BCUT2D eigenvalue weighted by Gasteiger charge is 2.38. The summed E-state index contributed by atoms with van der Waals surface area (Å²) < 4.78 is 5.68. The average molecular weight is 238 g/mol. The zero-order valence-corrected chi connectivity index (χ0v) is 11.1. The molecule has 1 aliphatic carbocycles. The molecule has 98 valence electrons. The Balaban J connectivity index is 1.56. The normalized spacial score (nSPS) is 37.9. The summed E-state index contributed by atoms with van der Waals surface area (Å²) in [5.74, 6) is 0.770. The van der Waals surface area contributed by atoms with Crippen LogP contribution in [0.3, 0.4) is 0 Å².